The van der Waals surface area contributed by atoms with Gasteiger partial charge in [0.2, 0.25) is 0 Å². The molecule has 5 fully saturated rings. The lowest BCUT2D eigenvalue weighted by molar-refractivity contribution is -0.413. The van der Waals surface area contributed by atoms with E-state index in [1.54, 1.807) is 119 Å². The zero-order valence-electron chi connectivity index (χ0n) is 50.3. The molecule has 6 aliphatic rings. The van der Waals surface area contributed by atoms with Gasteiger partial charge in [-0.25, -0.2) is 19.2 Å². The van der Waals surface area contributed by atoms with Crippen molar-refractivity contribution in [2.45, 2.75) is 153 Å². The predicted octanol–water partition coefficient (Wildman–Crippen LogP) is 10.7. The van der Waals surface area contributed by atoms with Crippen molar-refractivity contribution in [2.24, 2.45) is 22.7 Å². The number of methoxy groups -OCH3 is 2. The highest BCUT2D eigenvalue weighted by molar-refractivity contribution is 5.89. The zero-order chi connectivity index (χ0) is 61.6. The van der Waals surface area contributed by atoms with E-state index in [4.69, 9.17) is 56.8 Å². The normalized spacial score (nSPS) is 31.1. The Labute approximate surface area is 506 Å². The number of ether oxygens (including phenoxy) is 12. The highest BCUT2D eigenvalue weighted by Gasteiger charge is 2.80. The summed E-state index contributed by atoms with van der Waals surface area (Å²) < 4.78 is 77.6. The predicted molar refractivity (Wildman–Crippen MR) is 311 cm³/mol. The van der Waals surface area contributed by atoms with Crippen molar-refractivity contribution in [3.8, 4) is 11.5 Å². The van der Waals surface area contributed by atoms with Crippen LogP contribution in [0.2, 0.25) is 0 Å². The summed E-state index contributed by atoms with van der Waals surface area (Å²) in [6.07, 6.45) is -13.4. The number of esters is 3. The minimum Gasteiger partial charge on any atom is -0.497 e. The molecule has 5 aromatic carbocycles. The van der Waals surface area contributed by atoms with Gasteiger partial charge in [0.05, 0.1) is 44.5 Å². The van der Waals surface area contributed by atoms with E-state index >= 15 is 9.59 Å². The first-order valence-corrected chi connectivity index (χ1v) is 29.5. The van der Waals surface area contributed by atoms with Crippen LogP contribution in [0.1, 0.15) is 113 Å². The van der Waals surface area contributed by atoms with Gasteiger partial charge < -0.3 is 61.9 Å². The molecule has 2 saturated carbocycles. The SMILES string of the molecule is COc1ccc(C2O[C@H]3C[C@H]4OC[C@@]4(OC(C)=O)[C@H]4[C@H](OC(=O)c5ccccc5)[C@]5(O)C[C@H](OC(=O)[C@@H]6OC(c7ccc(OC)cc7)N(C(=O)OCc7ccccc7)[C@H]6CC(C)C)C(C)=C([C@H](OC(=O)OCc6ccccc6)[C@H](O2)[C@]34C)C5(C)C)cc1. The summed E-state index contributed by atoms with van der Waals surface area (Å²) in [6, 6.07) is 39.6. The third-order valence-electron chi connectivity index (χ3n) is 18.7. The standard InChI is InChI=1S/C68H75NO18/c1-39(2)33-49-54(83-59(44-25-29-47(76-8)30-26-44)69(49)63(73)78-36-42-19-13-10-14-20-42)61(72)81-50-35-68(75)58(85-60(71)45-23-17-12-18-24-45)56-66(7)51(34-52-67(56,38-80-52)87-41(4)70)82-62(46-27-31-48(77-9)32-28-46)86-57(66)55(53(40(50)3)65(68,5)6)84-64(74)79-37-43-21-15-11-16-22-43/h10-32,39,49-52,54-59,62,75H,33-38H2,1-9H3/t49-,50-,51-,52+,54+,55-,56-,57-,58-,59?,62?,66+,67-,68+/m0/s1. The number of aliphatic hydroxyl groups is 1. The molecule has 2 bridgehead atoms. The molecule has 0 radical (unpaired) electrons. The first kappa shape index (κ1) is 60.9. The molecule has 1 N–H and O–H groups in total. The van der Waals surface area contributed by atoms with Gasteiger partial charge in [-0.05, 0) is 77.9 Å². The van der Waals surface area contributed by atoms with Crippen LogP contribution in [0, 0.1) is 22.7 Å². The van der Waals surface area contributed by atoms with Gasteiger partial charge in [0.15, 0.2) is 30.3 Å². The maximum absolute atomic E-state index is 15.7. The van der Waals surface area contributed by atoms with Gasteiger partial charge in [0.25, 0.3) is 0 Å². The Morgan fingerprint density at radius 2 is 1.29 bits per heavy atom. The summed E-state index contributed by atoms with van der Waals surface area (Å²) in [6.45, 7) is 11.8. The average molecular weight is 1190 g/mol. The lowest BCUT2D eigenvalue weighted by atomic mass is 9.44. The van der Waals surface area contributed by atoms with E-state index in [0.717, 1.165) is 5.56 Å². The van der Waals surface area contributed by atoms with E-state index in [-0.39, 0.29) is 49.7 Å². The van der Waals surface area contributed by atoms with Gasteiger partial charge in [0, 0.05) is 41.7 Å². The van der Waals surface area contributed by atoms with Gasteiger partial charge >= 0.3 is 30.2 Å². The summed E-state index contributed by atoms with van der Waals surface area (Å²) in [5, 5.41) is 14.6. The van der Waals surface area contributed by atoms with Crippen molar-refractivity contribution >= 4 is 30.2 Å². The lowest BCUT2D eigenvalue weighted by Crippen LogP contribution is -2.83. The highest BCUT2D eigenvalue weighted by Crippen LogP contribution is 2.68. The van der Waals surface area contributed by atoms with Gasteiger partial charge in [-0.15, -0.1) is 0 Å². The number of benzene rings is 5. The first-order chi connectivity index (χ1) is 41.7. The molecule has 460 valence electrons. The summed E-state index contributed by atoms with van der Waals surface area (Å²) in [5.74, 6) is -2.67. The van der Waals surface area contributed by atoms with Gasteiger partial charge in [-0.3, -0.25) is 9.69 Å². The Bertz CT molecular complexity index is 3340. The number of amides is 1. The monoisotopic (exact) mass is 1190 g/mol. The Hall–Kier alpha value is -7.81. The molecule has 14 atom stereocenters. The minimum atomic E-state index is -2.33. The topological polar surface area (TPSA) is 220 Å². The summed E-state index contributed by atoms with van der Waals surface area (Å²) in [4.78, 5) is 75.5. The number of fused-ring (bicyclic) bond motifs is 4. The van der Waals surface area contributed by atoms with Crippen LogP contribution in [0.15, 0.2) is 151 Å². The van der Waals surface area contributed by atoms with Crippen molar-refractivity contribution in [3.63, 3.8) is 0 Å². The first-order valence-electron chi connectivity index (χ1n) is 29.5. The maximum Gasteiger partial charge on any atom is 0.509 e. The van der Waals surface area contributed by atoms with E-state index in [9.17, 15) is 19.5 Å². The molecule has 0 spiro atoms. The molecule has 0 aromatic heterocycles. The van der Waals surface area contributed by atoms with E-state index in [1.165, 1.54) is 18.9 Å². The fourth-order valence-electron chi connectivity index (χ4n) is 14.3. The molecule has 11 rings (SSSR count). The quantitative estimate of drug-likeness (QED) is 0.0551. The number of hydrogen-bond donors (Lipinski definition) is 1. The number of rotatable bonds is 16. The van der Waals surface area contributed by atoms with Crippen molar-refractivity contribution < 1.29 is 85.9 Å². The second-order valence-corrected chi connectivity index (χ2v) is 24.6. The van der Waals surface area contributed by atoms with Crippen LogP contribution in [0.4, 0.5) is 9.59 Å². The fraction of sp³-hybridized carbons (Fsp3) is 0.456. The second-order valence-electron chi connectivity index (χ2n) is 24.6. The summed E-state index contributed by atoms with van der Waals surface area (Å²) in [7, 11) is 3.09. The molecular weight excluding hydrogens is 1120 g/mol. The summed E-state index contributed by atoms with van der Waals surface area (Å²) in [5.41, 5.74) is -3.86. The molecule has 5 aromatic rings. The molecule has 3 heterocycles. The van der Waals surface area contributed by atoms with Crippen molar-refractivity contribution in [2.75, 3.05) is 20.8 Å². The smallest absolute Gasteiger partial charge is 0.497 e. The molecule has 3 saturated heterocycles. The number of carbonyl (C=O) groups is 5. The largest absolute Gasteiger partial charge is 0.509 e. The molecule has 19 nitrogen and oxygen atoms in total. The molecule has 87 heavy (non-hydrogen) atoms. The van der Waals surface area contributed by atoms with Crippen molar-refractivity contribution in [1.82, 2.24) is 4.90 Å². The van der Waals surface area contributed by atoms with Gasteiger partial charge in [-0.1, -0.05) is 138 Å². The number of hydrogen-bond acceptors (Lipinski definition) is 18. The van der Waals surface area contributed by atoms with Crippen LogP contribution in [0.25, 0.3) is 0 Å². The van der Waals surface area contributed by atoms with Crippen molar-refractivity contribution in [3.05, 3.63) is 178 Å². The van der Waals surface area contributed by atoms with E-state index in [2.05, 4.69) is 0 Å². The Morgan fingerprint density at radius 3 is 1.85 bits per heavy atom. The Kier molecular flexibility index (Phi) is 17.1. The van der Waals surface area contributed by atoms with Crippen LogP contribution in [-0.2, 0) is 70.2 Å². The molecular formula is C68H75NO18. The maximum atomic E-state index is 15.7. The van der Waals surface area contributed by atoms with Crippen LogP contribution in [0.3, 0.4) is 0 Å². The van der Waals surface area contributed by atoms with E-state index < -0.39 is 126 Å². The molecule has 1 amide bonds. The Morgan fingerprint density at radius 1 is 0.701 bits per heavy atom. The highest BCUT2D eigenvalue weighted by atomic mass is 16.7. The third-order valence-corrected chi connectivity index (χ3v) is 18.7. The molecule has 3 aliphatic carbocycles. The third kappa shape index (κ3) is 11.2. The van der Waals surface area contributed by atoms with Crippen LogP contribution in [0.5, 0.6) is 11.5 Å². The second kappa shape index (κ2) is 24.4. The molecule has 3 aliphatic heterocycles. The Balaban J connectivity index is 1.08. The fourth-order valence-corrected chi connectivity index (χ4v) is 14.3. The lowest BCUT2D eigenvalue weighted by Gasteiger charge is -2.71. The van der Waals surface area contributed by atoms with Crippen LogP contribution in [-0.4, -0.2) is 121 Å². The zero-order valence-corrected chi connectivity index (χ0v) is 50.3. The number of nitrogens with zero attached hydrogens (tertiary/aromatic N) is 1. The summed E-state index contributed by atoms with van der Waals surface area (Å²) >= 11 is 0. The van der Waals surface area contributed by atoms with Crippen molar-refractivity contribution in [1.29, 1.82) is 0 Å². The van der Waals surface area contributed by atoms with Crippen LogP contribution >= 0.6 is 0 Å². The molecule has 19 heteroatoms. The van der Waals surface area contributed by atoms with Crippen LogP contribution < -0.4 is 9.47 Å². The number of carbonyl (C=O) groups excluding carboxylic acids is 5. The minimum absolute atomic E-state index is 0.0681. The average Bonchev–Trinajstić information content (AvgIpc) is 1.01. The van der Waals surface area contributed by atoms with E-state index in [0.29, 0.717) is 33.8 Å². The van der Waals surface area contributed by atoms with Gasteiger partial charge in [-0.2, -0.15) is 0 Å². The van der Waals surface area contributed by atoms with E-state index in [1.807, 2.05) is 69.3 Å². The molecule has 2 unspecified atom stereocenters. The van der Waals surface area contributed by atoms with Gasteiger partial charge in [0.1, 0.15) is 54.7 Å².